The smallest absolute Gasteiger partial charge is 0.326 e. The van der Waals surface area contributed by atoms with Crippen LogP contribution in [0.5, 0.6) is 0 Å². The van der Waals surface area contributed by atoms with E-state index >= 15 is 0 Å². The van der Waals surface area contributed by atoms with Crippen molar-refractivity contribution in [1.82, 2.24) is 10.3 Å². The lowest BCUT2D eigenvalue weighted by molar-refractivity contribution is -0.141. The second-order valence-electron chi connectivity index (χ2n) is 6.19. The molecule has 1 aromatic heterocycles. The van der Waals surface area contributed by atoms with Crippen LogP contribution in [0, 0.1) is 0 Å². The first-order chi connectivity index (χ1) is 11.6. The molecule has 130 valence electrons. The van der Waals surface area contributed by atoms with Crippen molar-refractivity contribution in [3.05, 3.63) is 36.0 Å². The van der Waals surface area contributed by atoms with Crippen LogP contribution < -0.4 is 5.32 Å². The number of carbonyl (C=O) groups excluding carboxylic acids is 1. The highest BCUT2D eigenvalue weighted by Gasteiger charge is 2.21. The fourth-order valence-electron chi connectivity index (χ4n) is 2.88. The van der Waals surface area contributed by atoms with E-state index in [-0.39, 0.29) is 12.3 Å². The van der Waals surface area contributed by atoms with Crippen LogP contribution in [-0.4, -0.2) is 28.0 Å². The molecule has 24 heavy (non-hydrogen) atoms. The molecule has 5 nitrogen and oxygen atoms in total. The monoisotopic (exact) mass is 330 g/mol. The van der Waals surface area contributed by atoms with Gasteiger partial charge in [-0.2, -0.15) is 0 Å². The van der Waals surface area contributed by atoms with Gasteiger partial charge >= 0.3 is 5.97 Å². The van der Waals surface area contributed by atoms with Gasteiger partial charge in [0.25, 0.3) is 0 Å². The van der Waals surface area contributed by atoms with E-state index in [2.05, 4.69) is 17.2 Å². The van der Waals surface area contributed by atoms with Crippen LogP contribution in [0.4, 0.5) is 0 Å². The summed E-state index contributed by atoms with van der Waals surface area (Å²) in [5.41, 5.74) is 1.88. The predicted molar refractivity (Wildman–Crippen MR) is 94.9 cm³/mol. The summed E-state index contributed by atoms with van der Waals surface area (Å²) in [6, 6.07) is 6.86. The van der Waals surface area contributed by atoms with Gasteiger partial charge < -0.3 is 15.4 Å². The molecule has 1 heterocycles. The van der Waals surface area contributed by atoms with Gasteiger partial charge in [-0.1, -0.05) is 50.8 Å². The summed E-state index contributed by atoms with van der Waals surface area (Å²) in [5.74, 6) is -1.18. The Morgan fingerprint density at radius 1 is 1.17 bits per heavy atom. The second kappa shape index (κ2) is 9.11. The first-order valence-corrected chi connectivity index (χ1v) is 8.69. The third-order valence-corrected chi connectivity index (χ3v) is 4.24. The number of hydrogen-bond acceptors (Lipinski definition) is 2. The molecule has 1 atom stereocenters. The largest absolute Gasteiger partial charge is 0.480 e. The Hall–Kier alpha value is -2.30. The van der Waals surface area contributed by atoms with Crippen LogP contribution in [0.25, 0.3) is 10.9 Å². The Kier molecular flexibility index (Phi) is 6.85. The first kappa shape index (κ1) is 18.0. The Balaban J connectivity index is 1.90. The second-order valence-corrected chi connectivity index (χ2v) is 6.19. The van der Waals surface area contributed by atoms with Gasteiger partial charge in [-0.3, -0.25) is 4.79 Å². The molecule has 1 aromatic carbocycles. The first-order valence-electron chi connectivity index (χ1n) is 8.69. The molecule has 0 aliphatic heterocycles. The fourth-order valence-corrected chi connectivity index (χ4v) is 2.88. The molecule has 2 aromatic rings. The molecule has 0 aliphatic carbocycles. The van der Waals surface area contributed by atoms with E-state index in [1.54, 1.807) is 0 Å². The van der Waals surface area contributed by atoms with Gasteiger partial charge in [0.1, 0.15) is 6.04 Å². The van der Waals surface area contributed by atoms with Gasteiger partial charge in [-0.05, 0) is 18.1 Å². The number of carbonyl (C=O) groups is 2. The van der Waals surface area contributed by atoms with E-state index in [1.807, 2.05) is 30.5 Å². The Morgan fingerprint density at radius 3 is 2.67 bits per heavy atom. The molecule has 3 N–H and O–H groups in total. The maximum atomic E-state index is 12.0. The Morgan fingerprint density at radius 2 is 1.92 bits per heavy atom. The Labute approximate surface area is 142 Å². The number of nitrogens with one attached hydrogen (secondary N) is 2. The number of benzene rings is 1. The number of unbranched alkanes of at least 4 members (excludes halogenated alkanes) is 4. The molecular weight excluding hydrogens is 304 g/mol. The number of H-pyrrole nitrogens is 1. The average Bonchev–Trinajstić information content (AvgIpc) is 2.97. The maximum Gasteiger partial charge on any atom is 0.326 e. The number of amides is 1. The van der Waals surface area contributed by atoms with Gasteiger partial charge in [0.15, 0.2) is 0 Å². The lowest BCUT2D eigenvalue weighted by Gasteiger charge is -2.14. The number of carboxylic acid groups (broad SMARTS) is 1. The molecule has 0 saturated heterocycles. The van der Waals surface area contributed by atoms with Crippen molar-refractivity contribution >= 4 is 22.8 Å². The molecule has 0 fully saturated rings. The van der Waals surface area contributed by atoms with Crippen molar-refractivity contribution in [2.24, 2.45) is 0 Å². The minimum Gasteiger partial charge on any atom is -0.480 e. The highest BCUT2D eigenvalue weighted by molar-refractivity contribution is 5.86. The van der Waals surface area contributed by atoms with Crippen molar-refractivity contribution in [1.29, 1.82) is 0 Å². The zero-order chi connectivity index (χ0) is 17.4. The van der Waals surface area contributed by atoms with Gasteiger partial charge in [-0.25, -0.2) is 4.79 Å². The van der Waals surface area contributed by atoms with Crippen LogP contribution in [-0.2, 0) is 16.0 Å². The lowest BCUT2D eigenvalue weighted by atomic mass is 10.0. The number of carboxylic acids is 1. The summed E-state index contributed by atoms with van der Waals surface area (Å²) in [5, 5.41) is 13.1. The summed E-state index contributed by atoms with van der Waals surface area (Å²) in [6.45, 7) is 2.15. The zero-order valence-electron chi connectivity index (χ0n) is 14.2. The third-order valence-electron chi connectivity index (χ3n) is 4.24. The van der Waals surface area contributed by atoms with E-state index in [4.69, 9.17) is 0 Å². The van der Waals surface area contributed by atoms with Crippen LogP contribution in [0.2, 0.25) is 0 Å². The van der Waals surface area contributed by atoms with E-state index in [0.29, 0.717) is 6.42 Å². The highest BCUT2D eigenvalue weighted by Crippen LogP contribution is 2.19. The van der Waals surface area contributed by atoms with E-state index in [9.17, 15) is 14.7 Å². The average molecular weight is 330 g/mol. The van der Waals surface area contributed by atoms with Crippen LogP contribution in [0.3, 0.4) is 0 Å². The van der Waals surface area contributed by atoms with Crippen LogP contribution in [0.15, 0.2) is 30.5 Å². The summed E-state index contributed by atoms with van der Waals surface area (Å²) >= 11 is 0. The summed E-state index contributed by atoms with van der Waals surface area (Å²) < 4.78 is 0. The molecule has 1 amide bonds. The molecule has 0 radical (unpaired) electrons. The van der Waals surface area contributed by atoms with E-state index in [1.165, 1.54) is 6.42 Å². The number of fused-ring (bicyclic) bond motifs is 1. The molecule has 0 spiro atoms. The summed E-state index contributed by atoms with van der Waals surface area (Å²) in [4.78, 5) is 26.6. The number of hydrogen-bond donors (Lipinski definition) is 3. The SMILES string of the molecule is CCCCCCCC(=O)NC(Cc1c[nH]c2ccccc12)C(=O)O. The van der Waals surface area contributed by atoms with Gasteiger partial charge in [0.05, 0.1) is 0 Å². The topological polar surface area (TPSA) is 82.2 Å². The van der Waals surface area contributed by atoms with Crippen molar-refractivity contribution in [3.63, 3.8) is 0 Å². The number of aromatic nitrogens is 1. The van der Waals surface area contributed by atoms with E-state index in [0.717, 1.165) is 42.1 Å². The predicted octanol–water partition coefficient (Wildman–Crippen LogP) is 3.64. The molecular formula is C19H26N2O3. The molecule has 0 bridgehead atoms. The molecule has 0 saturated carbocycles. The van der Waals surface area contributed by atoms with Gasteiger partial charge in [-0.15, -0.1) is 0 Å². The minimum atomic E-state index is -1.00. The fraction of sp³-hybridized carbons (Fsp3) is 0.474. The number of aliphatic carboxylic acids is 1. The van der Waals surface area contributed by atoms with Crippen LogP contribution in [0.1, 0.15) is 51.0 Å². The third kappa shape index (κ3) is 5.11. The van der Waals surface area contributed by atoms with Gasteiger partial charge in [0, 0.05) is 29.9 Å². The van der Waals surface area contributed by atoms with Crippen molar-refractivity contribution in [3.8, 4) is 0 Å². The standard InChI is InChI=1S/C19H26N2O3/c1-2-3-4-5-6-11-18(22)21-17(19(23)24)12-14-13-20-16-10-8-7-9-15(14)16/h7-10,13,17,20H,2-6,11-12H2,1H3,(H,21,22)(H,23,24). The number of para-hydroxylation sites is 1. The summed E-state index contributed by atoms with van der Waals surface area (Å²) in [7, 11) is 0. The van der Waals surface area contributed by atoms with Crippen LogP contribution >= 0.6 is 0 Å². The lowest BCUT2D eigenvalue weighted by Crippen LogP contribution is -2.42. The molecule has 0 aliphatic rings. The van der Waals surface area contributed by atoms with Crippen molar-refractivity contribution in [2.75, 3.05) is 0 Å². The zero-order valence-corrected chi connectivity index (χ0v) is 14.2. The van der Waals surface area contributed by atoms with Gasteiger partial charge in [0.2, 0.25) is 5.91 Å². The normalized spacial score (nSPS) is 12.2. The quantitative estimate of drug-likeness (QED) is 0.582. The number of rotatable bonds is 10. The number of aromatic amines is 1. The molecule has 5 heteroatoms. The minimum absolute atomic E-state index is 0.182. The molecule has 1 unspecified atom stereocenters. The van der Waals surface area contributed by atoms with Crippen molar-refractivity contribution in [2.45, 2.75) is 57.9 Å². The molecule has 2 rings (SSSR count). The maximum absolute atomic E-state index is 12.0. The highest BCUT2D eigenvalue weighted by atomic mass is 16.4. The van der Waals surface area contributed by atoms with E-state index < -0.39 is 12.0 Å². The van der Waals surface area contributed by atoms with Crippen molar-refractivity contribution < 1.29 is 14.7 Å². The Bertz CT molecular complexity index is 678. The summed E-state index contributed by atoms with van der Waals surface area (Å²) in [6.07, 6.45) is 7.78.